The lowest BCUT2D eigenvalue weighted by atomic mass is 10.1. The zero-order valence-electron chi connectivity index (χ0n) is 13.9. The van der Waals surface area contributed by atoms with E-state index in [4.69, 9.17) is 9.47 Å². The summed E-state index contributed by atoms with van der Waals surface area (Å²) >= 11 is 0. The fraction of sp³-hybridized carbons (Fsp3) is 0.353. The second-order valence-electron chi connectivity index (χ2n) is 5.24. The van der Waals surface area contributed by atoms with Gasteiger partial charge in [-0.15, -0.1) is 0 Å². The SMILES string of the molecule is C.COc1ccc2nc(S(=O)Cc3ncc(C)c(OC)c3C)[n-]c2n1. The Hall–Kier alpha value is -2.48. The molecule has 0 aromatic carbocycles. The van der Waals surface area contributed by atoms with E-state index in [9.17, 15) is 4.21 Å². The van der Waals surface area contributed by atoms with Gasteiger partial charge in [-0.25, -0.2) is 0 Å². The van der Waals surface area contributed by atoms with Crippen molar-refractivity contribution in [3.05, 3.63) is 35.2 Å². The molecule has 3 heterocycles. The number of ether oxygens (including phenoxy) is 2. The molecule has 1 unspecified atom stereocenters. The monoisotopic (exact) mass is 361 g/mol. The number of imidazole rings is 1. The Morgan fingerprint density at radius 1 is 1.16 bits per heavy atom. The van der Waals surface area contributed by atoms with Crippen LogP contribution in [0.3, 0.4) is 0 Å². The molecule has 0 bridgehead atoms. The van der Waals surface area contributed by atoms with Crippen LogP contribution in [0.1, 0.15) is 24.2 Å². The van der Waals surface area contributed by atoms with Crippen LogP contribution in [-0.2, 0) is 16.6 Å². The minimum absolute atomic E-state index is 0. The maximum absolute atomic E-state index is 12.6. The number of methoxy groups -OCH3 is 2. The van der Waals surface area contributed by atoms with Crippen LogP contribution in [0, 0.1) is 13.8 Å². The van der Waals surface area contributed by atoms with Crippen LogP contribution in [0.4, 0.5) is 0 Å². The summed E-state index contributed by atoms with van der Waals surface area (Å²) in [4.78, 5) is 17.1. The third-order valence-corrected chi connectivity index (χ3v) is 4.80. The molecule has 0 N–H and O–H groups in total. The van der Waals surface area contributed by atoms with Gasteiger partial charge in [0.2, 0.25) is 0 Å². The van der Waals surface area contributed by atoms with E-state index in [0.29, 0.717) is 22.7 Å². The number of rotatable bonds is 5. The van der Waals surface area contributed by atoms with Crippen LogP contribution in [0.2, 0.25) is 0 Å². The molecular formula is C17H21N4O3S-. The highest BCUT2D eigenvalue weighted by Crippen LogP contribution is 2.25. The molecule has 0 aliphatic rings. The Kier molecular flexibility index (Phi) is 5.73. The van der Waals surface area contributed by atoms with E-state index in [1.165, 1.54) is 7.11 Å². The van der Waals surface area contributed by atoms with Crippen LogP contribution in [0.5, 0.6) is 11.6 Å². The molecule has 0 aliphatic carbocycles. The van der Waals surface area contributed by atoms with Crippen LogP contribution in [-0.4, -0.2) is 33.4 Å². The Labute approximate surface area is 149 Å². The number of hydrogen-bond donors (Lipinski definition) is 0. The van der Waals surface area contributed by atoms with Crippen LogP contribution in [0.25, 0.3) is 11.2 Å². The van der Waals surface area contributed by atoms with E-state index < -0.39 is 10.8 Å². The summed E-state index contributed by atoms with van der Waals surface area (Å²) in [6.45, 7) is 3.83. The van der Waals surface area contributed by atoms with E-state index in [0.717, 1.165) is 16.9 Å². The lowest BCUT2D eigenvalue weighted by Gasteiger charge is -2.12. The third-order valence-electron chi connectivity index (χ3n) is 3.68. The molecule has 0 saturated carbocycles. The topological polar surface area (TPSA) is 88.3 Å². The second-order valence-corrected chi connectivity index (χ2v) is 6.58. The van der Waals surface area contributed by atoms with Gasteiger partial charge in [-0.05, 0) is 26.0 Å². The van der Waals surface area contributed by atoms with Crippen LogP contribution >= 0.6 is 0 Å². The highest BCUT2D eigenvalue weighted by atomic mass is 32.2. The van der Waals surface area contributed by atoms with Gasteiger partial charge in [-0.2, -0.15) is 0 Å². The van der Waals surface area contributed by atoms with Gasteiger partial charge < -0.3 is 24.4 Å². The first kappa shape index (κ1) is 18.9. The first-order valence-electron chi connectivity index (χ1n) is 7.26. The first-order chi connectivity index (χ1) is 11.5. The highest BCUT2D eigenvalue weighted by Gasteiger charge is 2.13. The lowest BCUT2D eigenvalue weighted by Crippen LogP contribution is -2.05. The summed E-state index contributed by atoms with van der Waals surface area (Å²) in [7, 11) is 1.72. The summed E-state index contributed by atoms with van der Waals surface area (Å²) in [5.41, 5.74) is 3.53. The molecule has 1 atom stereocenters. The molecular weight excluding hydrogens is 340 g/mol. The van der Waals surface area contributed by atoms with Gasteiger partial charge in [0.05, 0.1) is 41.6 Å². The van der Waals surface area contributed by atoms with Gasteiger partial charge in [0.25, 0.3) is 0 Å². The summed E-state index contributed by atoms with van der Waals surface area (Å²) in [6, 6.07) is 3.44. The molecule has 25 heavy (non-hydrogen) atoms. The minimum atomic E-state index is -1.42. The molecule has 0 aliphatic heterocycles. The normalized spacial score (nSPS) is 11.8. The van der Waals surface area contributed by atoms with Crippen molar-refractivity contribution in [2.24, 2.45) is 0 Å². The highest BCUT2D eigenvalue weighted by molar-refractivity contribution is 7.84. The van der Waals surface area contributed by atoms with Crippen LogP contribution < -0.4 is 14.5 Å². The lowest BCUT2D eigenvalue weighted by molar-refractivity contribution is 0.399. The fourth-order valence-corrected chi connectivity index (χ4v) is 3.49. The summed E-state index contributed by atoms with van der Waals surface area (Å²) in [6.07, 6.45) is 1.72. The maximum Gasteiger partial charge on any atom is 0.142 e. The maximum atomic E-state index is 12.6. The van der Waals surface area contributed by atoms with E-state index in [-0.39, 0.29) is 18.3 Å². The predicted octanol–water partition coefficient (Wildman–Crippen LogP) is 2.56. The van der Waals surface area contributed by atoms with Gasteiger partial charge in [0.1, 0.15) is 11.6 Å². The molecule has 3 aromatic rings. The molecule has 0 amide bonds. The molecule has 0 spiro atoms. The Balaban J connectivity index is 0.00000225. The van der Waals surface area contributed by atoms with E-state index in [2.05, 4.69) is 19.9 Å². The number of fused-ring (bicyclic) bond motifs is 1. The summed E-state index contributed by atoms with van der Waals surface area (Å²) in [5, 5.41) is 0.242. The molecule has 0 saturated heterocycles. The van der Waals surface area contributed by atoms with Gasteiger partial charge in [0.15, 0.2) is 0 Å². The van der Waals surface area contributed by atoms with E-state index in [1.807, 2.05) is 13.8 Å². The summed E-state index contributed by atoms with van der Waals surface area (Å²) < 4.78 is 23.1. The number of aromatic nitrogens is 4. The smallest absolute Gasteiger partial charge is 0.142 e. The van der Waals surface area contributed by atoms with E-state index in [1.54, 1.807) is 25.4 Å². The van der Waals surface area contributed by atoms with Crippen molar-refractivity contribution in [2.45, 2.75) is 32.2 Å². The van der Waals surface area contributed by atoms with Crippen molar-refractivity contribution < 1.29 is 13.7 Å². The predicted molar refractivity (Wildman–Crippen MR) is 96.5 cm³/mol. The second kappa shape index (κ2) is 7.60. The molecule has 0 fully saturated rings. The minimum Gasteiger partial charge on any atom is -0.496 e. The van der Waals surface area contributed by atoms with Gasteiger partial charge in [-0.3, -0.25) is 9.19 Å². The van der Waals surface area contributed by atoms with E-state index >= 15 is 0 Å². The van der Waals surface area contributed by atoms with Gasteiger partial charge in [-0.1, -0.05) is 7.43 Å². The molecule has 134 valence electrons. The quantitative estimate of drug-likeness (QED) is 0.690. The number of nitrogens with zero attached hydrogens (tertiary/aromatic N) is 4. The zero-order chi connectivity index (χ0) is 17.3. The Morgan fingerprint density at radius 2 is 1.92 bits per heavy atom. The Morgan fingerprint density at radius 3 is 2.60 bits per heavy atom. The van der Waals surface area contributed by atoms with Crippen molar-refractivity contribution in [1.29, 1.82) is 0 Å². The third kappa shape index (κ3) is 3.63. The van der Waals surface area contributed by atoms with Crippen molar-refractivity contribution in [3.63, 3.8) is 0 Å². The summed E-state index contributed by atoms with van der Waals surface area (Å²) in [5.74, 6) is 1.42. The van der Waals surface area contributed by atoms with Crippen LogP contribution in [0.15, 0.2) is 23.5 Å². The largest absolute Gasteiger partial charge is 0.496 e. The number of hydrogen-bond acceptors (Lipinski definition) is 6. The molecule has 8 heteroatoms. The average molecular weight is 361 g/mol. The van der Waals surface area contributed by atoms with Crippen molar-refractivity contribution in [2.75, 3.05) is 14.2 Å². The van der Waals surface area contributed by atoms with Crippen molar-refractivity contribution >= 4 is 22.0 Å². The molecule has 3 rings (SSSR count). The first-order valence-corrected chi connectivity index (χ1v) is 8.58. The van der Waals surface area contributed by atoms with Crippen molar-refractivity contribution in [1.82, 2.24) is 19.9 Å². The number of pyridine rings is 2. The molecule has 0 radical (unpaired) electrons. The molecule has 3 aromatic heterocycles. The zero-order valence-corrected chi connectivity index (χ0v) is 14.7. The standard InChI is InChI=1S/C16H17N4O3S.CH4/c1-9-7-17-12(10(2)14(9)23-4)8-24(21)16-18-11-5-6-13(22-3)19-15(11)20-16;/h5-7H,8H2,1-4H3;1H4/q-1;. The van der Waals surface area contributed by atoms with Gasteiger partial charge in [0, 0.05) is 28.5 Å². The molecule has 7 nitrogen and oxygen atoms in total. The fourth-order valence-electron chi connectivity index (χ4n) is 2.43. The number of aryl methyl sites for hydroxylation is 1. The Bertz CT molecular complexity index is 924. The average Bonchev–Trinajstić information content (AvgIpc) is 3.01. The van der Waals surface area contributed by atoms with Gasteiger partial charge >= 0.3 is 0 Å². The van der Waals surface area contributed by atoms with Crippen molar-refractivity contribution in [3.8, 4) is 11.6 Å².